The van der Waals surface area contributed by atoms with Gasteiger partial charge >= 0.3 is 0 Å². The SMILES string of the molecule is Cc1ccc(S(=O)(=O)N[C@@H](CN=[N+]=[N-])c2ccccc2)cc1. The zero-order chi connectivity index (χ0) is 16.0. The van der Waals surface area contributed by atoms with Gasteiger partial charge in [-0.1, -0.05) is 53.1 Å². The topological polar surface area (TPSA) is 94.9 Å². The van der Waals surface area contributed by atoms with E-state index >= 15 is 0 Å². The highest BCUT2D eigenvalue weighted by atomic mass is 32.2. The van der Waals surface area contributed by atoms with Crippen molar-refractivity contribution in [3.05, 3.63) is 76.2 Å². The van der Waals surface area contributed by atoms with Crippen LogP contribution in [0.25, 0.3) is 10.4 Å². The highest BCUT2D eigenvalue weighted by molar-refractivity contribution is 7.89. The second-order valence-corrected chi connectivity index (χ2v) is 6.53. The van der Waals surface area contributed by atoms with Gasteiger partial charge in [0.1, 0.15) is 0 Å². The van der Waals surface area contributed by atoms with Crippen LogP contribution in [0.3, 0.4) is 0 Å². The summed E-state index contributed by atoms with van der Waals surface area (Å²) >= 11 is 0. The fourth-order valence-corrected chi connectivity index (χ4v) is 3.20. The predicted molar refractivity (Wildman–Crippen MR) is 84.7 cm³/mol. The van der Waals surface area contributed by atoms with Gasteiger partial charge in [0.2, 0.25) is 10.0 Å². The van der Waals surface area contributed by atoms with E-state index < -0.39 is 16.1 Å². The van der Waals surface area contributed by atoms with Crippen molar-refractivity contribution in [1.29, 1.82) is 0 Å². The van der Waals surface area contributed by atoms with Crippen LogP contribution in [-0.4, -0.2) is 15.0 Å². The van der Waals surface area contributed by atoms with Crippen molar-refractivity contribution >= 4 is 10.0 Å². The molecule has 0 fully saturated rings. The van der Waals surface area contributed by atoms with Gasteiger partial charge in [-0.15, -0.1) is 0 Å². The van der Waals surface area contributed by atoms with E-state index in [0.29, 0.717) is 0 Å². The molecular weight excluding hydrogens is 300 g/mol. The van der Waals surface area contributed by atoms with Gasteiger partial charge in [-0.05, 0) is 30.2 Å². The van der Waals surface area contributed by atoms with Gasteiger partial charge in [0, 0.05) is 11.5 Å². The number of benzene rings is 2. The van der Waals surface area contributed by atoms with Crippen LogP contribution in [0.2, 0.25) is 0 Å². The predicted octanol–water partition coefficient (Wildman–Crippen LogP) is 3.32. The van der Waals surface area contributed by atoms with Crippen LogP contribution >= 0.6 is 0 Å². The lowest BCUT2D eigenvalue weighted by Crippen LogP contribution is -2.30. The molecule has 0 saturated carbocycles. The maximum absolute atomic E-state index is 12.4. The average Bonchev–Trinajstić information content (AvgIpc) is 2.52. The van der Waals surface area contributed by atoms with E-state index in [9.17, 15) is 8.42 Å². The van der Waals surface area contributed by atoms with Crippen LogP contribution in [0.5, 0.6) is 0 Å². The summed E-state index contributed by atoms with van der Waals surface area (Å²) in [5.41, 5.74) is 10.2. The summed E-state index contributed by atoms with van der Waals surface area (Å²) in [4.78, 5) is 2.89. The number of hydrogen-bond acceptors (Lipinski definition) is 3. The van der Waals surface area contributed by atoms with Crippen LogP contribution < -0.4 is 4.72 Å². The van der Waals surface area contributed by atoms with E-state index in [1.165, 1.54) is 0 Å². The molecule has 0 unspecified atom stereocenters. The Morgan fingerprint density at radius 3 is 2.36 bits per heavy atom. The summed E-state index contributed by atoms with van der Waals surface area (Å²) in [5.74, 6) is 0. The minimum absolute atomic E-state index is 0.00556. The second kappa shape index (κ2) is 7.09. The van der Waals surface area contributed by atoms with Crippen LogP contribution in [0.15, 0.2) is 64.6 Å². The Bertz CT molecular complexity index is 767. The molecule has 0 heterocycles. The lowest BCUT2D eigenvalue weighted by atomic mass is 10.1. The third-order valence-corrected chi connectivity index (χ3v) is 4.65. The van der Waals surface area contributed by atoms with Crippen LogP contribution in [0.4, 0.5) is 0 Å². The summed E-state index contributed by atoms with van der Waals surface area (Å²) in [7, 11) is -3.69. The maximum atomic E-state index is 12.4. The van der Waals surface area contributed by atoms with E-state index in [1.807, 2.05) is 13.0 Å². The minimum atomic E-state index is -3.69. The Balaban J connectivity index is 2.29. The van der Waals surface area contributed by atoms with Gasteiger partial charge in [-0.25, -0.2) is 13.1 Å². The van der Waals surface area contributed by atoms with Gasteiger partial charge in [0.05, 0.1) is 10.9 Å². The summed E-state index contributed by atoms with van der Waals surface area (Å²) in [6.07, 6.45) is 0. The first kappa shape index (κ1) is 16.0. The zero-order valence-corrected chi connectivity index (χ0v) is 12.9. The molecule has 1 atom stereocenters. The molecule has 2 aromatic carbocycles. The molecule has 0 amide bonds. The molecule has 0 spiro atoms. The number of sulfonamides is 1. The molecule has 0 saturated heterocycles. The average molecular weight is 316 g/mol. The Morgan fingerprint density at radius 1 is 1.14 bits per heavy atom. The summed E-state index contributed by atoms with van der Waals surface area (Å²) in [6.45, 7) is 1.89. The van der Waals surface area contributed by atoms with Crippen LogP contribution in [-0.2, 0) is 10.0 Å². The third-order valence-electron chi connectivity index (χ3n) is 3.16. The molecule has 114 valence electrons. The molecule has 0 aliphatic heterocycles. The molecule has 0 aliphatic rings. The smallest absolute Gasteiger partial charge is 0.207 e. The first-order valence-electron chi connectivity index (χ1n) is 6.68. The number of aryl methyl sites for hydroxylation is 1. The van der Waals surface area contributed by atoms with Gasteiger partial charge in [-0.3, -0.25) is 0 Å². The molecule has 0 radical (unpaired) electrons. The lowest BCUT2D eigenvalue weighted by Gasteiger charge is -2.17. The minimum Gasteiger partial charge on any atom is -0.207 e. The van der Waals surface area contributed by atoms with Crippen LogP contribution in [0.1, 0.15) is 17.2 Å². The van der Waals surface area contributed by atoms with Crippen molar-refractivity contribution < 1.29 is 8.42 Å². The van der Waals surface area contributed by atoms with E-state index in [4.69, 9.17) is 5.53 Å². The molecule has 2 aromatic rings. The van der Waals surface area contributed by atoms with Crippen molar-refractivity contribution in [2.75, 3.05) is 6.54 Å². The highest BCUT2D eigenvalue weighted by Gasteiger charge is 2.20. The second-order valence-electron chi connectivity index (χ2n) is 4.81. The van der Waals surface area contributed by atoms with Gasteiger partial charge in [0.15, 0.2) is 0 Å². The molecule has 6 nitrogen and oxygen atoms in total. The van der Waals surface area contributed by atoms with Gasteiger partial charge in [0.25, 0.3) is 0 Å². The number of rotatable bonds is 6. The maximum Gasteiger partial charge on any atom is 0.241 e. The number of azide groups is 1. The summed E-state index contributed by atoms with van der Waals surface area (Å²) < 4.78 is 27.5. The van der Waals surface area contributed by atoms with E-state index in [-0.39, 0.29) is 11.4 Å². The van der Waals surface area contributed by atoms with E-state index in [0.717, 1.165) is 11.1 Å². The van der Waals surface area contributed by atoms with Crippen molar-refractivity contribution in [1.82, 2.24) is 4.72 Å². The highest BCUT2D eigenvalue weighted by Crippen LogP contribution is 2.18. The number of hydrogen-bond donors (Lipinski definition) is 1. The molecular formula is C15H16N4O2S. The van der Waals surface area contributed by atoms with E-state index in [1.54, 1.807) is 48.5 Å². The standard InChI is InChI=1S/C15H16N4O2S/c1-12-7-9-14(10-8-12)22(20,21)18-15(11-17-19-16)13-5-3-2-4-6-13/h2-10,15,18H,11H2,1H3/t15-/m0/s1. The Labute approximate surface area is 129 Å². The fraction of sp³-hybridized carbons (Fsp3) is 0.200. The zero-order valence-electron chi connectivity index (χ0n) is 12.0. The molecule has 0 bridgehead atoms. The molecule has 2 rings (SSSR count). The summed E-state index contributed by atoms with van der Waals surface area (Å²) in [5, 5.41) is 3.49. The molecule has 0 aromatic heterocycles. The molecule has 0 aliphatic carbocycles. The molecule has 7 heteroatoms. The number of nitrogens with zero attached hydrogens (tertiary/aromatic N) is 3. The Morgan fingerprint density at radius 2 is 1.77 bits per heavy atom. The van der Waals surface area contributed by atoms with Crippen molar-refractivity contribution in [3.8, 4) is 0 Å². The Hall–Kier alpha value is -2.34. The van der Waals surface area contributed by atoms with Crippen molar-refractivity contribution in [2.24, 2.45) is 5.11 Å². The van der Waals surface area contributed by atoms with Crippen molar-refractivity contribution in [2.45, 2.75) is 17.9 Å². The van der Waals surface area contributed by atoms with Gasteiger partial charge in [-0.2, -0.15) is 0 Å². The van der Waals surface area contributed by atoms with E-state index in [2.05, 4.69) is 14.7 Å². The largest absolute Gasteiger partial charge is 0.241 e. The summed E-state index contributed by atoms with van der Waals surface area (Å²) in [6, 6.07) is 15.0. The van der Waals surface area contributed by atoms with Gasteiger partial charge < -0.3 is 0 Å². The first-order valence-corrected chi connectivity index (χ1v) is 8.16. The monoisotopic (exact) mass is 316 g/mol. The first-order chi connectivity index (χ1) is 10.5. The van der Waals surface area contributed by atoms with Crippen molar-refractivity contribution in [3.63, 3.8) is 0 Å². The molecule has 22 heavy (non-hydrogen) atoms. The van der Waals surface area contributed by atoms with Crippen LogP contribution in [0, 0.1) is 6.92 Å². The number of nitrogens with one attached hydrogen (secondary N) is 1. The Kier molecular flexibility index (Phi) is 5.16. The molecule has 1 N–H and O–H groups in total. The quantitative estimate of drug-likeness (QED) is 0.502. The lowest BCUT2D eigenvalue weighted by molar-refractivity contribution is 0.558. The fourth-order valence-electron chi connectivity index (χ4n) is 1.99. The third kappa shape index (κ3) is 4.08. The normalized spacial score (nSPS) is 12.4.